The van der Waals surface area contributed by atoms with Gasteiger partial charge in [0.2, 0.25) is 0 Å². The Balaban J connectivity index is 4.12. The SMILES string of the molecule is CC(C)C(C)(C)OC(=O)NC(=O)NN. The minimum Gasteiger partial charge on any atom is -0.443 e. The Morgan fingerprint density at radius 1 is 1.36 bits per heavy atom. The van der Waals surface area contributed by atoms with E-state index in [0.717, 1.165) is 0 Å². The van der Waals surface area contributed by atoms with Gasteiger partial charge in [-0.3, -0.25) is 5.43 Å². The molecule has 0 aliphatic carbocycles. The molecule has 0 aliphatic heterocycles. The van der Waals surface area contributed by atoms with E-state index >= 15 is 0 Å². The Hall–Kier alpha value is -1.30. The molecule has 0 saturated heterocycles. The van der Waals surface area contributed by atoms with E-state index in [1.165, 1.54) is 0 Å². The van der Waals surface area contributed by atoms with Gasteiger partial charge in [-0.1, -0.05) is 13.8 Å². The molecule has 0 rings (SSSR count). The topological polar surface area (TPSA) is 93.4 Å². The zero-order valence-corrected chi connectivity index (χ0v) is 8.88. The van der Waals surface area contributed by atoms with Gasteiger partial charge >= 0.3 is 12.1 Å². The fourth-order valence-electron chi connectivity index (χ4n) is 0.511. The summed E-state index contributed by atoms with van der Waals surface area (Å²) in [5.41, 5.74) is 1.13. The highest BCUT2D eigenvalue weighted by molar-refractivity contribution is 5.90. The molecule has 82 valence electrons. The molecule has 0 saturated carbocycles. The molecule has 0 bridgehead atoms. The summed E-state index contributed by atoms with van der Waals surface area (Å²) in [5, 5.41) is 1.90. The molecule has 4 N–H and O–H groups in total. The first kappa shape index (κ1) is 12.7. The molecule has 0 radical (unpaired) electrons. The summed E-state index contributed by atoms with van der Waals surface area (Å²) in [6, 6.07) is -0.797. The third kappa shape index (κ3) is 4.08. The minimum atomic E-state index is -0.813. The van der Waals surface area contributed by atoms with Crippen LogP contribution < -0.4 is 16.6 Å². The van der Waals surface area contributed by atoms with E-state index in [1.807, 2.05) is 19.2 Å². The maximum atomic E-state index is 11.1. The molecule has 0 heterocycles. The predicted octanol–water partition coefficient (Wildman–Crippen LogP) is 0.731. The largest absolute Gasteiger partial charge is 0.443 e. The lowest BCUT2D eigenvalue weighted by Crippen LogP contribution is -2.46. The van der Waals surface area contributed by atoms with Crippen molar-refractivity contribution >= 4 is 12.1 Å². The second kappa shape index (κ2) is 4.80. The van der Waals surface area contributed by atoms with Crippen molar-refractivity contribution in [2.24, 2.45) is 11.8 Å². The van der Waals surface area contributed by atoms with Crippen LogP contribution in [0.1, 0.15) is 27.7 Å². The number of amides is 3. The number of carbonyl (C=O) groups excluding carboxylic acids is 2. The van der Waals surface area contributed by atoms with Crippen LogP contribution in [0.2, 0.25) is 0 Å². The Labute approximate surface area is 83.1 Å². The van der Waals surface area contributed by atoms with Crippen molar-refractivity contribution in [3.63, 3.8) is 0 Å². The second-order valence-electron chi connectivity index (χ2n) is 3.75. The van der Waals surface area contributed by atoms with Crippen molar-refractivity contribution in [3.8, 4) is 0 Å². The highest BCUT2D eigenvalue weighted by atomic mass is 16.6. The van der Waals surface area contributed by atoms with Crippen LogP contribution in [0, 0.1) is 5.92 Å². The van der Waals surface area contributed by atoms with Gasteiger partial charge < -0.3 is 4.74 Å². The van der Waals surface area contributed by atoms with Gasteiger partial charge in [-0.05, 0) is 19.8 Å². The molecule has 0 aliphatic rings. The Morgan fingerprint density at radius 2 is 1.86 bits per heavy atom. The van der Waals surface area contributed by atoms with Gasteiger partial charge in [-0.15, -0.1) is 0 Å². The van der Waals surface area contributed by atoms with Gasteiger partial charge in [0.1, 0.15) is 5.60 Å². The zero-order valence-electron chi connectivity index (χ0n) is 8.88. The number of nitrogens with one attached hydrogen (secondary N) is 2. The number of urea groups is 1. The van der Waals surface area contributed by atoms with E-state index in [-0.39, 0.29) is 5.92 Å². The lowest BCUT2D eigenvalue weighted by atomic mass is 9.95. The third-order valence-corrected chi connectivity index (χ3v) is 2.09. The van der Waals surface area contributed by atoms with E-state index in [9.17, 15) is 9.59 Å². The number of rotatable bonds is 2. The summed E-state index contributed by atoms with van der Waals surface area (Å²) in [4.78, 5) is 21.7. The van der Waals surface area contributed by atoms with Crippen molar-refractivity contribution in [1.29, 1.82) is 0 Å². The number of nitrogens with two attached hydrogens (primary N) is 1. The van der Waals surface area contributed by atoms with Gasteiger partial charge in [-0.2, -0.15) is 0 Å². The van der Waals surface area contributed by atoms with Crippen LogP contribution in [-0.2, 0) is 4.74 Å². The van der Waals surface area contributed by atoms with Gasteiger partial charge in [0, 0.05) is 0 Å². The van der Waals surface area contributed by atoms with Crippen molar-refractivity contribution < 1.29 is 14.3 Å². The number of ether oxygens (including phenoxy) is 1. The molecule has 0 unspecified atom stereocenters. The van der Waals surface area contributed by atoms with Crippen molar-refractivity contribution in [2.45, 2.75) is 33.3 Å². The number of carbonyl (C=O) groups is 2. The quantitative estimate of drug-likeness (QED) is 0.350. The van der Waals surface area contributed by atoms with Crippen LogP contribution in [0.4, 0.5) is 9.59 Å². The second-order valence-corrected chi connectivity index (χ2v) is 3.75. The van der Waals surface area contributed by atoms with Crippen molar-refractivity contribution in [3.05, 3.63) is 0 Å². The molecule has 0 aromatic carbocycles. The average Bonchev–Trinajstić information content (AvgIpc) is 2.02. The Bertz CT molecular complexity index is 226. The van der Waals surface area contributed by atoms with Crippen molar-refractivity contribution in [2.75, 3.05) is 0 Å². The van der Waals surface area contributed by atoms with Crippen LogP contribution in [-0.4, -0.2) is 17.7 Å². The molecular weight excluding hydrogens is 186 g/mol. The van der Waals surface area contributed by atoms with Gasteiger partial charge in [0.15, 0.2) is 0 Å². The fraction of sp³-hybridized carbons (Fsp3) is 0.750. The first-order valence-electron chi connectivity index (χ1n) is 4.30. The molecule has 3 amide bonds. The number of alkyl carbamates (subject to hydrolysis) is 1. The maximum Gasteiger partial charge on any atom is 0.415 e. The molecule has 0 fully saturated rings. The lowest BCUT2D eigenvalue weighted by Gasteiger charge is -2.28. The van der Waals surface area contributed by atoms with Gasteiger partial charge in [-0.25, -0.2) is 20.7 Å². The summed E-state index contributed by atoms with van der Waals surface area (Å²) in [6.07, 6.45) is -0.813. The highest BCUT2D eigenvalue weighted by Gasteiger charge is 2.27. The summed E-state index contributed by atoms with van der Waals surface area (Å²) in [7, 11) is 0. The summed E-state index contributed by atoms with van der Waals surface area (Å²) < 4.78 is 5.01. The van der Waals surface area contributed by atoms with Crippen LogP contribution in [0.25, 0.3) is 0 Å². The number of hydrogen-bond donors (Lipinski definition) is 3. The first-order chi connectivity index (χ1) is 6.29. The van der Waals surface area contributed by atoms with Crippen LogP contribution in [0.15, 0.2) is 0 Å². The number of imide groups is 1. The normalized spacial score (nSPS) is 11.0. The molecule has 0 spiro atoms. The molecule has 6 nitrogen and oxygen atoms in total. The average molecular weight is 203 g/mol. The number of hydrogen-bond acceptors (Lipinski definition) is 4. The van der Waals surface area contributed by atoms with Crippen LogP contribution >= 0.6 is 0 Å². The van der Waals surface area contributed by atoms with Crippen molar-refractivity contribution in [1.82, 2.24) is 10.7 Å². The van der Waals surface area contributed by atoms with E-state index in [1.54, 1.807) is 19.3 Å². The Morgan fingerprint density at radius 3 is 2.21 bits per heavy atom. The summed E-state index contributed by atoms with van der Waals surface area (Å²) in [5.74, 6) is 4.92. The Kier molecular flexibility index (Phi) is 4.36. The standard InChI is InChI=1S/C8H17N3O3/c1-5(2)8(3,4)14-7(13)10-6(12)11-9/h5H,9H2,1-4H3,(H2,10,11,12,13). The van der Waals surface area contributed by atoms with E-state index < -0.39 is 17.7 Å². The van der Waals surface area contributed by atoms with E-state index in [0.29, 0.717) is 0 Å². The smallest absolute Gasteiger partial charge is 0.415 e. The molecule has 0 atom stereocenters. The van der Waals surface area contributed by atoms with E-state index in [2.05, 4.69) is 0 Å². The lowest BCUT2D eigenvalue weighted by molar-refractivity contribution is 0.00687. The zero-order chi connectivity index (χ0) is 11.4. The van der Waals surface area contributed by atoms with E-state index in [4.69, 9.17) is 10.6 Å². The number of hydrazine groups is 1. The minimum absolute atomic E-state index is 0.147. The first-order valence-corrected chi connectivity index (χ1v) is 4.30. The maximum absolute atomic E-state index is 11.1. The monoisotopic (exact) mass is 203 g/mol. The third-order valence-electron chi connectivity index (χ3n) is 2.09. The molecule has 6 heteroatoms. The summed E-state index contributed by atoms with van der Waals surface area (Å²) >= 11 is 0. The fourth-order valence-corrected chi connectivity index (χ4v) is 0.511. The van der Waals surface area contributed by atoms with Gasteiger partial charge in [0.25, 0.3) is 0 Å². The highest BCUT2D eigenvalue weighted by Crippen LogP contribution is 2.20. The predicted molar refractivity (Wildman–Crippen MR) is 51.3 cm³/mol. The van der Waals surface area contributed by atoms with Gasteiger partial charge in [0.05, 0.1) is 0 Å². The molecular formula is C8H17N3O3. The molecule has 14 heavy (non-hydrogen) atoms. The summed E-state index contributed by atoms with van der Waals surface area (Å²) in [6.45, 7) is 7.35. The van der Waals surface area contributed by atoms with Crippen LogP contribution in [0.5, 0.6) is 0 Å². The molecule has 0 aromatic rings. The molecule has 0 aromatic heterocycles. The van der Waals surface area contributed by atoms with Crippen LogP contribution in [0.3, 0.4) is 0 Å².